The van der Waals surface area contributed by atoms with Crippen LogP contribution in [0.5, 0.6) is 0 Å². The first-order chi connectivity index (χ1) is 24.4. The largest absolute Gasteiger partial charge is 1.00 e. The number of amides is 2. The van der Waals surface area contributed by atoms with Gasteiger partial charge >= 0.3 is 35.5 Å². The maximum atomic E-state index is 13.0. The predicted molar refractivity (Wildman–Crippen MR) is 172 cm³/mol. The molecule has 14 nitrogen and oxygen atoms in total. The number of hydrogen-bond acceptors (Lipinski definition) is 12. The number of aliphatic hydroxyl groups excluding tert-OH is 2. The van der Waals surface area contributed by atoms with Crippen LogP contribution < -0.4 is 34.7 Å². The predicted octanol–water partition coefficient (Wildman–Crippen LogP) is -3.23. The van der Waals surface area contributed by atoms with Gasteiger partial charge in [0.05, 0.1) is 81.7 Å². The number of methoxy groups -OCH3 is 2. The number of carbonyl (C=O) groups excluding carboxylic acids is 4. The molecule has 2 aliphatic carbocycles. The number of aliphatic carboxylic acids is 1. The van der Waals surface area contributed by atoms with Gasteiger partial charge < -0.3 is 48.9 Å². The summed E-state index contributed by atoms with van der Waals surface area (Å²) in [5.41, 5.74) is 1.92. The molecule has 51 heavy (non-hydrogen) atoms. The number of nitrogens with zero attached hydrogens (tertiary/aromatic N) is 3. The minimum Gasteiger partial charge on any atom is -0.543 e. The van der Waals surface area contributed by atoms with Crippen LogP contribution in [0.15, 0.2) is 22.5 Å². The Morgan fingerprint density at radius 1 is 0.902 bits per heavy atom. The van der Waals surface area contributed by atoms with E-state index in [2.05, 4.69) is 4.90 Å². The van der Waals surface area contributed by atoms with Gasteiger partial charge in [-0.25, -0.2) is 4.79 Å². The van der Waals surface area contributed by atoms with Crippen LogP contribution in [-0.4, -0.2) is 146 Å². The monoisotopic (exact) mass is 732 g/mol. The van der Waals surface area contributed by atoms with Crippen molar-refractivity contribution in [2.24, 2.45) is 23.7 Å². The van der Waals surface area contributed by atoms with Gasteiger partial charge in [-0.1, -0.05) is 0 Å². The third-order valence-corrected chi connectivity index (χ3v) is 11.4. The van der Waals surface area contributed by atoms with Gasteiger partial charge in [-0.15, -0.1) is 0 Å². The van der Waals surface area contributed by atoms with Gasteiger partial charge in [0.15, 0.2) is 0 Å². The van der Waals surface area contributed by atoms with Gasteiger partial charge in [-0.05, 0) is 63.5 Å². The van der Waals surface area contributed by atoms with E-state index in [4.69, 9.17) is 20.3 Å². The number of morpholine rings is 1. The molecule has 0 spiro atoms. The van der Waals surface area contributed by atoms with E-state index in [1.54, 1.807) is 33.0 Å². The Hall–Kier alpha value is -1.95. The molecule has 7 rings (SSSR count). The number of aliphatic hydroxyl groups is 2. The fraction of sp³-hybridized carbons (Fsp3) is 0.771. The molecule has 5 aliphatic heterocycles. The minimum absolute atomic E-state index is 0. The SMILES string of the molecule is CO[C@H]1CCC[C@H]2C1=C(C(=O)OCCN1CCOCC1)N1C(=O)[C@H]([C@@H](C)O)[C@@H]21.CO[C@H]1CCC[C@H]2C1=C(C(=O)[O-])N1C(=O)[C@H]([C@@H](C)O)[C@@H]21.[2H]CF.[Na+]. The molecule has 16 heteroatoms. The van der Waals surface area contributed by atoms with Crippen LogP contribution >= 0.6 is 0 Å². The molecule has 7 aliphatic rings. The summed E-state index contributed by atoms with van der Waals surface area (Å²) < 4.78 is 37.5. The summed E-state index contributed by atoms with van der Waals surface area (Å²) in [5.74, 6) is -3.20. The van der Waals surface area contributed by atoms with Crippen molar-refractivity contribution in [1.29, 1.82) is 0 Å². The molecule has 2 saturated carbocycles. The Morgan fingerprint density at radius 2 is 1.35 bits per heavy atom. The summed E-state index contributed by atoms with van der Waals surface area (Å²) in [4.78, 5) is 54.4. The quantitative estimate of drug-likeness (QED) is 0.138. The first-order valence-electron chi connectivity index (χ1n) is 18.2. The van der Waals surface area contributed by atoms with Crippen LogP contribution in [-0.2, 0) is 38.1 Å². The van der Waals surface area contributed by atoms with Crippen molar-refractivity contribution in [3.05, 3.63) is 22.5 Å². The number of carboxylic acid groups (broad SMARTS) is 1. The molecule has 0 aromatic carbocycles. The number of carboxylic acids is 1. The van der Waals surface area contributed by atoms with Crippen molar-refractivity contribution in [2.45, 2.75) is 88.9 Å². The Kier molecular flexibility index (Phi) is 14.1. The topological polar surface area (TPSA) is 178 Å². The summed E-state index contributed by atoms with van der Waals surface area (Å²) >= 11 is 0. The van der Waals surface area contributed by atoms with E-state index in [-0.39, 0.29) is 89.8 Å². The second kappa shape index (κ2) is 17.9. The second-order valence-corrected chi connectivity index (χ2v) is 13.9. The summed E-state index contributed by atoms with van der Waals surface area (Å²) in [7, 11) is 2.20. The summed E-state index contributed by atoms with van der Waals surface area (Å²) in [5, 5.41) is 31.3. The third kappa shape index (κ3) is 7.57. The second-order valence-electron chi connectivity index (χ2n) is 13.9. The van der Waals surface area contributed by atoms with E-state index in [9.17, 15) is 38.9 Å². The zero-order valence-electron chi connectivity index (χ0n) is 31.3. The van der Waals surface area contributed by atoms with Gasteiger partial charge in [0.2, 0.25) is 11.8 Å². The number of carbonyl (C=O) groups is 4. The van der Waals surface area contributed by atoms with Gasteiger partial charge in [0.25, 0.3) is 0 Å². The van der Waals surface area contributed by atoms with Gasteiger partial charge in [0, 0.05) is 45.7 Å². The van der Waals surface area contributed by atoms with E-state index in [1.807, 2.05) is 0 Å². The third-order valence-electron chi connectivity index (χ3n) is 11.4. The van der Waals surface area contributed by atoms with Gasteiger partial charge in [-0.2, -0.15) is 0 Å². The molecule has 10 atom stereocenters. The number of ether oxygens (including phenoxy) is 4. The molecule has 2 amide bonds. The zero-order valence-corrected chi connectivity index (χ0v) is 32.3. The van der Waals surface area contributed by atoms with Crippen molar-refractivity contribution in [3.8, 4) is 0 Å². The fourth-order valence-corrected chi connectivity index (χ4v) is 9.30. The van der Waals surface area contributed by atoms with Crippen LogP contribution in [0.2, 0.25) is 0 Å². The molecular weight excluding hydrogens is 680 g/mol. The van der Waals surface area contributed by atoms with E-state index >= 15 is 0 Å². The molecule has 0 aromatic heterocycles. The molecule has 0 unspecified atom stereocenters. The van der Waals surface area contributed by atoms with E-state index < -0.39 is 43.1 Å². The Morgan fingerprint density at radius 3 is 1.78 bits per heavy atom. The van der Waals surface area contributed by atoms with E-state index in [1.165, 1.54) is 4.90 Å². The first kappa shape index (κ1) is 40.2. The number of hydrogen-bond donors (Lipinski definition) is 2. The molecular formula is C35H51FN3NaO11. The van der Waals surface area contributed by atoms with E-state index in [0.29, 0.717) is 31.0 Å². The number of halogens is 1. The van der Waals surface area contributed by atoms with E-state index in [0.717, 1.165) is 57.2 Å². The van der Waals surface area contributed by atoms with Crippen molar-refractivity contribution >= 4 is 23.8 Å². The molecule has 2 N–H and O–H groups in total. The van der Waals surface area contributed by atoms with Gasteiger partial charge in [-0.3, -0.25) is 18.9 Å². The van der Waals surface area contributed by atoms with Crippen LogP contribution in [0.25, 0.3) is 0 Å². The molecule has 0 radical (unpaired) electrons. The summed E-state index contributed by atoms with van der Waals surface area (Å²) in [6.07, 6.45) is 3.29. The Balaban J connectivity index is 0.000000222. The van der Waals surface area contributed by atoms with Crippen molar-refractivity contribution in [1.82, 2.24) is 14.7 Å². The minimum atomic E-state index is -1.33. The molecule has 0 bridgehead atoms. The van der Waals surface area contributed by atoms with Crippen LogP contribution in [0.1, 0.15) is 53.7 Å². The maximum Gasteiger partial charge on any atom is 1.00 e. The summed E-state index contributed by atoms with van der Waals surface area (Å²) in [6, 6.07) is -0.398. The number of esters is 1. The number of β-lactam (4-membered cyclic amide) rings is 2. The maximum absolute atomic E-state index is 13.0. The average molecular weight is 733 g/mol. The molecule has 0 aromatic rings. The number of alkyl halides is 1. The first-order valence-corrected chi connectivity index (χ1v) is 17.5. The average Bonchev–Trinajstić information content (AvgIpc) is 3.57. The van der Waals surface area contributed by atoms with Crippen molar-refractivity contribution in [3.63, 3.8) is 0 Å². The van der Waals surface area contributed by atoms with Crippen molar-refractivity contribution in [2.75, 3.05) is 60.8 Å². The van der Waals surface area contributed by atoms with Crippen molar-refractivity contribution < 1.29 is 88.8 Å². The Bertz CT molecular complexity index is 1390. The molecule has 3 saturated heterocycles. The molecule has 5 fully saturated rings. The molecule has 5 heterocycles. The molecule has 280 valence electrons. The fourth-order valence-electron chi connectivity index (χ4n) is 9.30. The summed E-state index contributed by atoms with van der Waals surface area (Å²) in [6.45, 7) is 7.23. The Labute approximate surface area is 321 Å². The normalized spacial score (nSPS) is 33.7. The van der Waals surface area contributed by atoms with Gasteiger partial charge in [0.1, 0.15) is 12.3 Å². The number of fused-ring (bicyclic) bond motifs is 6. The van der Waals surface area contributed by atoms with Crippen LogP contribution in [0.3, 0.4) is 0 Å². The van der Waals surface area contributed by atoms with Crippen LogP contribution in [0, 0.1) is 23.7 Å². The number of rotatable bonds is 9. The van der Waals surface area contributed by atoms with Crippen LogP contribution in [0.4, 0.5) is 4.39 Å². The standard InChI is InChI=1S/C20H30N2O6.C14H19NO5.CH3F.Na/c1-12(23)15-17-13-4-3-5-14(26-2)16(13)18(22(17)19(15)24)20(25)28-11-8-21-6-9-27-10-7-21;1-6(16)9-11-7-4-3-5-8(20-2)10(7)12(14(18)19)15(11)13(9)17;1-2;/h12-15,17,23H,3-11H2,1-2H3;6-9,11,16H,3-5H2,1-2H3,(H,18,19);1H3;/q;;;+1/p-1/t12-,13+,14+,15-,17-;6-,7+,8+,9-,11-;;/m11../s1/i;;1D;. The smallest absolute Gasteiger partial charge is 0.543 e. The zero-order chi connectivity index (χ0) is 37.1.